The van der Waals surface area contributed by atoms with Crippen LogP contribution >= 0.6 is 0 Å². The summed E-state index contributed by atoms with van der Waals surface area (Å²) in [5.74, 6) is 2.60. The lowest BCUT2D eigenvalue weighted by Crippen LogP contribution is -2.30. The van der Waals surface area contributed by atoms with E-state index in [9.17, 15) is 4.21 Å². The van der Waals surface area contributed by atoms with Crippen molar-refractivity contribution < 1.29 is 4.21 Å². The number of nitrogens with zero attached hydrogens (tertiary/aromatic N) is 2. The lowest BCUT2D eigenvalue weighted by atomic mass is 10.2. The molecule has 0 amide bonds. The van der Waals surface area contributed by atoms with Crippen LogP contribution in [0.3, 0.4) is 0 Å². The first kappa shape index (κ1) is 11.6. The van der Waals surface area contributed by atoms with Crippen molar-refractivity contribution in [2.24, 2.45) is 0 Å². The molecule has 0 radical (unpaired) electrons. The molecule has 2 rings (SSSR count). The first-order valence-corrected chi connectivity index (χ1v) is 7.33. The second kappa shape index (κ2) is 4.99. The summed E-state index contributed by atoms with van der Waals surface area (Å²) in [4.78, 5) is 4.47. The van der Waals surface area contributed by atoms with Crippen molar-refractivity contribution in [3.8, 4) is 0 Å². The van der Waals surface area contributed by atoms with E-state index >= 15 is 0 Å². The van der Waals surface area contributed by atoms with Crippen molar-refractivity contribution in [3.05, 3.63) is 11.9 Å². The second-order valence-corrected chi connectivity index (χ2v) is 5.95. The number of hydrogen-bond donors (Lipinski definition) is 1. The summed E-state index contributed by atoms with van der Waals surface area (Å²) in [6, 6.07) is 0.435. The molecular formula is C11H19N3OS. The van der Waals surface area contributed by atoms with Crippen molar-refractivity contribution in [2.75, 3.05) is 16.8 Å². The lowest BCUT2D eigenvalue weighted by molar-refractivity contribution is 0.614. The lowest BCUT2D eigenvalue weighted by Gasteiger charge is -2.23. The van der Waals surface area contributed by atoms with E-state index in [2.05, 4.69) is 28.0 Å². The summed E-state index contributed by atoms with van der Waals surface area (Å²) >= 11 is 0. The number of aryl methyl sites for hydroxylation is 2. The fourth-order valence-electron chi connectivity index (χ4n) is 2.02. The Labute approximate surface area is 98.9 Å². The van der Waals surface area contributed by atoms with Crippen LogP contribution in [0, 0.1) is 6.92 Å². The SMILES string of the molecule is CCn1cc(C)nc1NC1CCS(=O)CC1. The van der Waals surface area contributed by atoms with Gasteiger partial charge in [-0.05, 0) is 26.7 Å². The molecule has 0 bridgehead atoms. The first-order valence-electron chi connectivity index (χ1n) is 5.84. The van der Waals surface area contributed by atoms with Gasteiger partial charge in [0.2, 0.25) is 5.95 Å². The van der Waals surface area contributed by atoms with E-state index in [0.29, 0.717) is 6.04 Å². The van der Waals surface area contributed by atoms with Gasteiger partial charge in [0.15, 0.2) is 0 Å². The maximum Gasteiger partial charge on any atom is 0.203 e. The summed E-state index contributed by atoms with van der Waals surface area (Å²) in [6.07, 6.45) is 4.04. The van der Waals surface area contributed by atoms with Gasteiger partial charge in [0.1, 0.15) is 0 Å². The Morgan fingerprint density at radius 2 is 2.25 bits per heavy atom. The normalized spacial score (nSPS) is 25.6. The summed E-state index contributed by atoms with van der Waals surface area (Å²) in [7, 11) is -0.588. The third-order valence-corrected chi connectivity index (χ3v) is 4.34. The number of aromatic nitrogens is 2. The van der Waals surface area contributed by atoms with E-state index < -0.39 is 10.8 Å². The zero-order chi connectivity index (χ0) is 11.5. The highest BCUT2D eigenvalue weighted by Gasteiger charge is 2.19. The fourth-order valence-corrected chi connectivity index (χ4v) is 3.32. The van der Waals surface area contributed by atoms with Crippen LogP contribution in [0.4, 0.5) is 5.95 Å². The minimum Gasteiger partial charge on any atom is -0.353 e. The average Bonchev–Trinajstić information content (AvgIpc) is 2.62. The minimum atomic E-state index is -0.588. The quantitative estimate of drug-likeness (QED) is 0.873. The number of hydrogen-bond acceptors (Lipinski definition) is 3. The Hall–Kier alpha value is -0.840. The summed E-state index contributed by atoms with van der Waals surface area (Å²) in [5, 5.41) is 3.46. The molecule has 1 saturated heterocycles. The Kier molecular flexibility index (Phi) is 3.63. The van der Waals surface area contributed by atoms with Gasteiger partial charge in [-0.3, -0.25) is 4.21 Å². The van der Waals surface area contributed by atoms with Crippen molar-refractivity contribution in [3.63, 3.8) is 0 Å². The van der Waals surface area contributed by atoms with Crippen molar-refractivity contribution in [1.82, 2.24) is 9.55 Å². The molecule has 0 spiro atoms. The minimum absolute atomic E-state index is 0.435. The van der Waals surface area contributed by atoms with Gasteiger partial charge in [0.05, 0.1) is 5.69 Å². The van der Waals surface area contributed by atoms with E-state index in [-0.39, 0.29) is 0 Å². The van der Waals surface area contributed by atoms with E-state index in [1.165, 1.54) is 0 Å². The predicted molar refractivity (Wildman–Crippen MR) is 67.2 cm³/mol. The molecular weight excluding hydrogens is 222 g/mol. The molecule has 1 aromatic rings. The van der Waals surface area contributed by atoms with Crippen molar-refractivity contribution >= 4 is 16.7 Å². The molecule has 90 valence electrons. The first-order chi connectivity index (χ1) is 7.69. The van der Waals surface area contributed by atoms with E-state index in [1.807, 2.05) is 6.92 Å². The maximum absolute atomic E-state index is 11.3. The van der Waals surface area contributed by atoms with Gasteiger partial charge >= 0.3 is 0 Å². The third-order valence-electron chi connectivity index (χ3n) is 2.96. The summed E-state index contributed by atoms with van der Waals surface area (Å²) in [5.41, 5.74) is 1.05. The van der Waals surface area contributed by atoms with Crippen LogP contribution in [0.1, 0.15) is 25.5 Å². The molecule has 1 aromatic heterocycles. The van der Waals surface area contributed by atoms with Gasteiger partial charge in [0.25, 0.3) is 0 Å². The average molecular weight is 241 g/mol. The summed E-state index contributed by atoms with van der Waals surface area (Å²) < 4.78 is 13.4. The number of anilines is 1. The largest absolute Gasteiger partial charge is 0.353 e. The molecule has 1 N–H and O–H groups in total. The molecule has 2 heterocycles. The standard InChI is InChI=1S/C11H19N3OS/c1-3-14-8-9(2)12-11(14)13-10-4-6-16(15)7-5-10/h8,10H,3-7H2,1-2H3,(H,12,13). The van der Waals surface area contributed by atoms with Crippen LogP contribution < -0.4 is 5.32 Å². The molecule has 5 heteroatoms. The number of imidazole rings is 1. The van der Waals surface area contributed by atoms with E-state index in [1.54, 1.807) is 0 Å². The zero-order valence-electron chi connectivity index (χ0n) is 9.90. The van der Waals surface area contributed by atoms with Crippen LogP contribution in [-0.2, 0) is 17.3 Å². The fraction of sp³-hybridized carbons (Fsp3) is 0.727. The van der Waals surface area contributed by atoms with Crippen molar-refractivity contribution in [2.45, 2.75) is 39.3 Å². The smallest absolute Gasteiger partial charge is 0.203 e. The highest BCUT2D eigenvalue weighted by molar-refractivity contribution is 7.85. The molecule has 0 saturated carbocycles. The zero-order valence-corrected chi connectivity index (χ0v) is 10.7. The van der Waals surface area contributed by atoms with E-state index in [4.69, 9.17) is 0 Å². The van der Waals surface area contributed by atoms with Gasteiger partial charge < -0.3 is 9.88 Å². The molecule has 0 aromatic carbocycles. The van der Waals surface area contributed by atoms with Gasteiger partial charge in [-0.1, -0.05) is 0 Å². The highest BCUT2D eigenvalue weighted by atomic mass is 32.2. The Balaban J connectivity index is 2.00. The van der Waals surface area contributed by atoms with Gasteiger partial charge in [-0.25, -0.2) is 4.98 Å². The second-order valence-electron chi connectivity index (χ2n) is 4.26. The monoisotopic (exact) mass is 241 g/mol. The third kappa shape index (κ3) is 2.64. The van der Waals surface area contributed by atoms with Crippen LogP contribution in [0.15, 0.2) is 6.20 Å². The summed E-state index contributed by atoms with van der Waals surface area (Å²) in [6.45, 7) is 5.05. The van der Waals surface area contributed by atoms with Gasteiger partial charge in [-0.2, -0.15) is 0 Å². The molecule has 0 unspecified atom stereocenters. The van der Waals surface area contributed by atoms with Crippen LogP contribution in [0.5, 0.6) is 0 Å². The highest BCUT2D eigenvalue weighted by Crippen LogP contribution is 2.16. The molecule has 16 heavy (non-hydrogen) atoms. The maximum atomic E-state index is 11.3. The molecule has 1 aliphatic rings. The van der Waals surface area contributed by atoms with Gasteiger partial charge in [-0.15, -0.1) is 0 Å². The van der Waals surface area contributed by atoms with Crippen LogP contribution in [0.2, 0.25) is 0 Å². The topological polar surface area (TPSA) is 46.9 Å². The molecule has 1 aliphatic heterocycles. The van der Waals surface area contributed by atoms with Crippen LogP contribution in [0.25, 0.3) is 0 Å². The van der Waals surface area contributed by atoms with E-state index in [0.717, 1.165) is 42.5 Å². The number of rotatable bonds is 3. The van der Waals surface area contributed by atoms with Crippen molar-refractivity contribution in [1.29, 1.82) is 0 Å². The number of nitrogens with one attached hydrogen (secondary N) is 1. The predicted octanol–water partition coefficient (Wildman–Crippen LogP) is 1.53. The molecule has 1 fully saturated rings. The Morgan fingerprint density at radius 3 is 2.88 bits per heavy atom. The Morgan fingerprint density at radius 1 is 1.56 bits per heavy atom. The molecule has 4 nitrogen and oxygen atoms in total. The molecule has 0 aliphatic carbocycles. The Bertz CT molecular complexity index is 379. The molecule has 0 atom stereocenters. The van der Waals surface area contributed by atoms with Gasteiger partial charge in [0, 0.05) is 41.1 Å². The van der Waals surface area contributed by atoms with Crippen LogP contribution in [-0.4, -0.2) is 31.3 Å².